The van der Waals surface area contributed by atoms with Gasteiger partial charge in [-0.25, -0.2) is 14.8 Å². The summed E-state index contributed by atoms with van der Waals surface area (Å²) in [6.07, 6.45) is 3.40. The topological polar surface area (TPSA) is 80.5 Å². The van der Waals surface area contributed by atoms with E-state index in [2.05, 4.69) is 21.3 Å². The Kier molecular flexibility index (Phi) is 5.42. The molecule has 0 spiro atoms. The Morgan fingerprint density at radius 3 is 2.84 bits per heavy atom. The van der Waals surface area contributed by atoms with Crippen molar-refractivity contribution in [1.29, 1.82) is 0 Å². The predicted octanol–water partition coefficient (Wildman–Crippen LogP) is 4.47. The van der Waals surface area contributed by atoms with Crippen molar-refractivity contribution in [2.45, 2.75) is 31.7 Å². The molecule has 0 saturated carbocycles. The molecular formula is C24H26N4O3. The van der Waals surface area contributed by atoms with E-state index in [1.165, 1.54) is 0 Å². The fourth-order valence-corrected chi connectivity index (χ4v) is 4.83. The first-order valence-electron chi connectivity index (χ1n) is 10.8. The number of furan rings is 1. The predicted molar refractivity (Wildman–Crippen MR) is 117 cm³/mol. The van der Waals surface area contributed by atoms with Crippen LogP contribution in [0.2, 0.25) is 0 Å². The number of aromatic nitrogens is 2. The minimum atomic E-state index is -0.403. The number of fused-ring (bicyclic) bond motifs is 3. The molecule has 3 aliphatic heterocycles. The normalized spacial score (nSPS) is 24.7. The first-order valence-corrected chi connectivity index (χ1v) is 10.8. The molecule has 1 N–H and O–H groups in total. The summed E-state index contributed by atoms with van der Waals surface area (Å²) in [5.41, 5.74) is 2.65. The summed E-state index contributed by atoms with van der Waals surface area (Å²) in [6.45, 7) is 4.29. The molecule has 31 heavy (non-hydrogen) atoms. The van der Waals surface area contributed by atoms with Gasteiger partial charge in [0.05, 0.1) is 6.26 Å². The molecular weight excluding hydrogens is 392 g/mol. The average Bonchev–Trinajstić information content (AvgIpc) is 3.33. The largest absolute Gasteiger partial charge is 0.463 e. The molecule has 1 amide bonds. The van der Waals surface area contributed by atoms with Crippen LogP contribution in [0, 0.1) is 12.8 Å². The van der Waals surface area contributed by atoms with E-state index in [0.29, 0.717) is 18.4 Å². The van der Waals surface area contributed by atoms with Gasteiger partial charge in [0, 0.05) is 29.9 Å². The third kappa shape index (κ3) is 4.32. The quantitative estimate of drug-likeness (QED) is 0.658. The van der Waals surface area contributed by atoms with Gasteiger partial charge < -0.3 is 9.15 Å². The van der Waals surface area contributed by atoms with Crippen LogP contribution < -0.4 is 5.32 Å². The highest BCUT2D eigenvalue weighted by Gasteiger charge is 2.42. The lowest BCUT2D eigenvalue weighted by Gasteiger charge is -2.49. The van der Waals surface area contributed by atoms with E-state index in [1.54, 1.807) is 6.26 Å². The molecule has 3 aliphatic rings. The summed E-state index contributed by atoms with van der Waals surface area (Å²) in [5.74, 6) is 2.41. The molecule has 3 saturated heterocycles. The van der Waals surface area contributed by atoms with Gasteiger partial charge in [-0.15, -0.1) is 0 Å². The summed E-state index contributed by atoms with van der Waals surface area (Å²) in [6, 6.07) is 15.5. The lowest BCUT2D eigenvalue weighted by atomic mass is 9.74. The number of piperidine rings is 3. The third-order valence-corrected chi connectivity index (χ3v) is 6.32. The van der Waals surface area contributed by atoms with Gasteiger partial charge in [-0.1, -0.05) is 18.2 Å². The number of carbonyl (C=O) groups excluding carboxylic acids is 1. The Labute approximate surface area is 181 Å². The molecule has 0 aliphatic carbocycles. The Bertz CT molecular complexity index is 1040. The number of amides is 1. The monoisotopic (exact) mass is 418 g/mol. The summed E-state index contributed by atoms with van der Waals surface area (Å²) in [7, 11) is 0. The summed E-state index contributed by atoms with van der Waals surface area (Å²) in [5, 5.41) is 2.78. The summed E-state index contributed by atoms with van der Waals surface area (Å²) in [4.78, 5) is 23.9. The molecule has 3 fully saturated rings. The lowest BCUT2D eigenvalue weighted by Crippen LogP contribution is -2.54. The molecule has 160 valence electrons. The zero-order chi connectivity index (χ0) is 21.2. The van der Waals surface area contributed by atoms with Crippen LogP contribution in [0.15, 0.2) is 59.2 Å². The van der Waals surface area contributed by atoms with Crippen LogP contribution in [-0.2, 0) is 4.74 Å². The Balaban J connectivity index is 1.23. The van der Waals surface area contributed by atoms with Crippen molar-refractivity contribution < 1.29 is 13.9 Å². The summed E-state index contributed by atoms with van der Waals surface area (Å²) >= 11 is 0. The van der Waals surface area contributed by atoms with Crippen LogP contribution in [0.3, 0.4) is 0 Å². The fraction of sp³-hybridized carbons (Fsp3) is 0.375. The third-order valence-electron chi connectivity index (χ3n) is 6.32. The molecule has 7 heteroatoms. The first kappa shape index (κ1) is 19.8. The van der Waals surface area contributed by atoms with E-state index in [4.69, 9.17) is 14.1 Å². The number of rotatable bonds is 5. The van der Waals surface area contributed by atoms with E-state index < -0.39 is 6.09 Å². The van der Waals surface area contributed by atoms with Crippen LogP contribution in [0.4, 0.5) is 10.5 Å². The molecule has 4 unspecified atom stereocenters. The van der Waals surface area contributed by atoms with Crippen molar-refractivity contribution in [3.63, 3.8) is 0 Å². The number of benzene rings is 1. The van der Waals surface area contributed by atoms with Gasteiger partial charge in [0.25, 0.3) is 0 Å². The van der Waals surface area contributed by atoms with Crippen LogP contribution in [0.25, 0.3) is 11.5 Å². The van der Waals surface area contributed by atoms with Gasteiger partial charge >= 0.3 is 6.09 Å². The maximum Gasteiger partial charge on any atom is 0.411 e. The number of nitrogens with one attached hydrogen (secondary N) is 1. The molecule has 1 aromatic carbocycles. The molecule has 4 atom stereocenters. The second-order valence-electron chi connectivity index (χ2n) is 8.33. The van der Waals surface area contributed by atoms with Gasteiger partial charge in [0.1, 0.15) is 18.1 Å². The van der Waals surface area contributed by atoms with Crippen LogP contribution in [0.1, 0.15) is 30.3 Å². The van der Waals surface area contributed by atoms with E-state index in [-0.39, 0.29) is 6.04 Å². The number of carbonyl (C=O) groups is 1. The van der Waals surface area contributed by atoms with Gasteiger partial charge in [0.15, 0.2) is 5.76 Å². The number of hydrogen-bond acceptors (Lipinski definition) is 6. The van der Waals surface area contributed by atoms with Crippen LogP contribution in [-0.4, -0.2) is 46.7 Å². The second-order valence-corrected chi connectivity index (χ2v) is 8.33. The van der Waals surface area contributed by atoms with Gasteiger partial charge in [-0.05, 0) is 62.6 Å². The van der Waals surface area contributed by atoms with Crippen molar-refractivity contribution in [3.8, 4) is 11.5 Å². The molecule has 2 bridgehead atoms. The van der Waals surface area contributed by atoms with Crippen molar-refractivity contribution in [2.75, 3.05) is 25.0 Å². The SMILES string of the molecule is Cc1nc(-c2ccco2)cc(C2CN3CCC2CC3COC(=O)Nc2ccccc2)n1. The van der Waals surface area contributed by atoms with Gasteiger partial charge in [0.2, 0.25) is 0 Å². The minimum absolute atomic E-state index is 0.254. The molecule has 5 heterocycles. The number of anilines is 1. The highest BCUT2D eigenvalue weighted by Crippen LogP contribution is 2.42. The average molecular weight is 418 g/mol. The van der Waals surface area contributed by atoms with E-state index in [1.807, 2.05) is 49.4 Å². The van der Waals surface area contributed by atoms with Crippen molar-refractivity contribution in [3.05, 3.63) is 66.3 Å². The Morgan fingerprint density at radius 2 is 2.10 bits per heavy atom. The fourth-order valence-electron chi connectivity index (χ4n) is 4.83. The number of aryl methyl sites for hydroxylation is 1. The zero-order valence-corrected chi connectivity index (χ0v) is 17.5. The highest BCUT2D eigenvalue weighted by atomic mass is 16.5. The lowest BCUT2D eigenvalue weighted by molar-refractivity contribution is -0.00151. The number of nitrogens with zero attached hydrogens (tertiary/aromatic N) is 3. The highest BCUT2D eigenvalue weighted by molar-refractivity contribution is 5.84. The summed E-state index contributed by atoms with van der Waals surface area (Å²) < 4.78 is 11.1. The maximum absolute atomic E-state index is 12.2. The van der Waals surface area contributed by atoms with E-state index in [0.717, 1.165) is 54.6 Å². The zero-order valence-electron chi connectivity index (χ0n) is 17.5. The molecule has 7 nitrogen and oxygen atoms in total. The maximum atomic E-state index is 12.2. The Morgan fingerprint density at radius 1 is 1.23 bits per heavy atom. The minimum Gasteiger partial charge on any atom is -0.463 e. The van der Waals surface area contributed by atoms with Crippen molar-refractivity contribution in [2.24, 2.45) is 5.92 Å². The molecule has 2 aromatic heterocycles. The Hall–Kier alpha value is -3.19. The van der Waals surface area contributed by atoms with Gasteiger partial charge in [-0.2, -0.15) is 0 Å². The first-order chi connectivity index (χ1) is 15.2. The molecule has 0 radical (unpaired) electrons. The smallest absolute Gasteiger partial charge is 0.411 e. The number of hydrogen-bond donors (Lipinski definition) is 1. The number of para-hydroxylation sites is 1. The van der Waals surface area contributed by atoms with Crippen molar-refractivity contribution >= 4 is 11.8 Å². The van der Waals surface area contributed by atoms with Crippen molar-refractivity contribution in [1.82, 2.24) is 14.9 Å². The number of ether oxygens (including phenoxy) is 1. The molecule has 3 aromatic rings. The van der Waals surface area contributed by atoms with E-state index in [9.17, 15) is 4.79 Å². The second kappa shape index (κ2) is 8.51. The van der Waals surface area contributed by atoms with Crippen LogP contribution >= 0.6 is 0 Å². The molecule has 6 rings (SSSR count). The van der Waals surface area contributed by atoms with Gasteiger partial charge in [-0.3, -0.25) is 10.2 Å². The standard InChI is InChI=1S/C24H26N4O3/c1-16-25-21(13-22(26-16)23-8-5-11-30-23)20-14-28-10-9-17(20)12-19(28)15-31-24(29)27-18-6-3-2-4-7-18/h2-8,11,13,17,19-20H,9-10,12,14-15H2,1H3,(H,27,29). The van der Waals surface area contributed by atoms with Crippen LogP contribution in [0.5, 0.6) is 0 Å². The van der Waals surface area contributed by atoms with E-state index >= 15 is 0 Å².